The molecule has 0 amide bonds. The van der Waals surface area contributed by atoms with Crippen molar-refractivity contribution in [3.05, 3.63) is 0 Å². The fraction of sp³-hybridized carbons (Fsp3) is 1.00. The van der Waals surface area contributed by atoms with Crippen molar-refractivity contribution >= 4 is 0 Å². The molecule has 3 atom stereocenters. The lowest BCUT2D eigenvalue weighted by Gasteiger charge is -2.17. The Balaban J connectivity index is 2.07. The lowest BCUT2D eigenvalue weighted by molar-refractivity contribution is -0.0295. The van der Waals surface area contributed by atoms with Gasteiger partial charge in [0.2, 0.25) is 0 Å². The molecule has 1 aliphatic heterocycles. The monoisotopic (exact) mass is 173 g/mol. The predicted octanol–water partition coefficient (Wildman–Crippen LogP) is 0.382. The third kappa shape index (κ3) is 3.09. The molecule has 0 spiro atoms. The van der Waals surface area contributed by atoms with Gasteiger partial charge in [0.15, 0.2) is 0 Å². The van der Waals surface area contributed by atoms with E-state index in [1.165, 1.54) is 6.42 Å². The summed E-state index contributed by atoms with van der Waals surface area (Å²) in [4.78, 5) is 0. The molecular formula is C9H19NO2. The Kier molecular flexibility index (Phi) is 3.98. The van der Waals surface area contributed by atoms with E-state index >= 15 is 0 Å². The first kappa shape index (κ1) is 9.96. The summed E-state index contributed by atoms with van der Waals surface area (Å²) >= 11 is 0. The Bertz CT molecular complexity index is 120. The van der Waals surface area contributed by atoms with E-state index in [0.717, 1.165) is 19.7 Å². The maximum Gasteiger partial charge on any atom is 0.0803 e. The molecule has 2 N–H and O–H groups in total. The van der Waals surface area contributed by atoms with Gasteiger partial charge in [-0.2, -0.15) is 0 Å². The van der Waals surface area contributed by atoms with Gasteiger partial charge in [-0.3, -0.25) is 0 Å². The van der Waals surface area contributed by atoms with Crippen molar-refractivity contribution < 1.29 is 9.84 Å². The molecular weight excluding hydrogens is 154 g/mol. The molecule has 72 valence electrons. The van der Waals surface area contributed by atoms with Crippen molar-refractivity contribution in [2.75, 3.05) is 19.7 Å². The van der Waals surface area contributed by atoms with E-state index in [1.54, 1.807) is 6.92 Å². The minimum Gasteiger partial charge on any atom is -0.391 e. The first-order chi connectivity index (χ1) is 5.70. The molecule has 1 fully saturated rings. The van der Waals surface area contributed by atoms with E-state index in [1.807, 2.05) is 6.92 Å². The van der Waals surface area contributed by atoms with E-state index in [-0.39, 0.29) is 12.2 Å². The Morgan fingerprint density at radius 2 is 2.33 bits per heavy atom. The van der Waals surface area contributed by atoms with Gasteiger partial charge >= 0.3 is 0 Å². The summed E-state index contributed by atoms with van der Waals surface area (Å²) in [6.45, 7) is 6.62. The topological polar surface area (TPSA) is 41.5 Å². The highest BCUT2D eigenvalue weighted by Gasteiger charge is 2.17. The van der Waals surface area contributed by atoms with Gasteiger partial charge in [-0.05, 0) is 32.7 Å². The molecule has 0 saturated carbocycles. The smallest absolute Gasteiger partial charge is 0.0803 e. The summed E-state index contributed by atoms with van der Waals surface area (Å²) < 4.78 is 5.50. The fourth-order valence-electron chi connectivity index (χ4n) is 1.28. The standard InChI is InChI=1S/C9H19NO2/c1-7(11)8(2)12-6-9-3-4-10-5-9/h7-11H,3-6H2,1-2H3. The van der Waals surface area contributed by atoms with Gasteiger partial charge in [0.05, 0.1) is 18.8 Å². The molecule has 1 heterocycles. The molecule has 0 radical (unpaired) electrons. The highest BCUT2D eigenvalue weighted by molar-refractivity contribution is 4.71. The number of aliphatic hydroxyl groups excluding tert-OH is 1. The van der Waals surface area contributed by atoms with E-state index in [4.69, 9.17) is 9.84 Å². The Morgan fingerprint density at radius 1 is 1.58 bits per heavy atom. The summed E-state index contributed by atoms with van der Waals surface area (Å²) in [6.07, 6.45) is 0.803. The number of hydrogen-bond donors (Lipinski definition) is 2. The quantitative estimate of drug-likeness (QED) is 0.646. The number of rotatable bonds is 4. The van der Waals surface area contributed by atoms with E-state index in [2.05, 4.69) is 5.32 Å². The third-order valence-electron chi connectivity index (χ3n) is 2.44. The zero-order chi connectivity index (χ0) is 8.97. The second-order valence-corrected chi connectivity index (χ2v) is 3.64. The van der Waals surface area contributed by atoms with E-state index < -0.39 is 0 Å². The first-order valence-corrected chi connectivity index (χ1v) is 4.70. The molecule has 1 rings (SSSR count). The first-order valence-electron chi connectivity index (χ1n) is 4.70. The van der Waals surface area contributed by atoms with Crippen LogP contribution in [0, 0.1) is 5.92 Å². The minimum atomic E-state index is -0.362. The summed E-state index contributed by atoms with van der Waals surface area (Å²) in [5, 5.41) is 12.4. The summed E-state index contributed by atoms with van der Waals surface area (Å²) in [6, 6.07) is 0. The Labute approximate surface area is 74.1 Å². The van der Waals surface area contributed by atoms with Crippen molar-refractivity contribution in [1.29, 1.82) is 0 Å². The molecule has 0 aromatic carbocycles. The summed E-state index contributed by atoms with van der Waals surface area (Å²) in [5.74, 6) is 0.645. The number of ether oxygens (including phenoxy) is 1. The third-order valence-corrected chi connectivity index (χ3v) is 2.44. The number of nitrogens with one attached hydrogen (secondary N) is 1. The van der Waals surface area contributed by atoms with Crippen molar-refractivity contribution in [2.24, 2.45) is 5.92 Å². The molecule has 3 nitrogen and oxygen atoms in total. The highest BCUT2D eigenvalue weighted by atomic mass is 16.5. The van der Waals surface area contributed by atoms with Crippen LogP contribution in [0.3, 0.4) is 0 Å². The average molecular weight is 173 g/mol. The molecule has 3 heteroatoms. The molecule has 1 aliphatic rings. The zero-order valence-corrected chi connectivity index (χ0v) is 7.92. The number of aliphatic hydroxyl groups is 1. The maximum absolute atomic E-state index is 9.15. The Hall–Kier alpha value is -0.120. The minimum absolute atomic E-state index is 0.0365. The predicted molar refractivity (Wildman–Crippen MR) is 48.1 cm³/mol. The highest BCUT2D eigenvalue weighted by Crippen LogP contribution is 2.09. The SMILES string of the molecule is CC(O)C(C)OCC1CCNC1. The molecule has 0 aromatic heterocycles. The van der Waals surface area contributed by atoms with Crippen LogP contribution < -0.4 is 5.32 Å². The van der Waals surface area contributed by atoms with Crippen molar-refractivity contribution in [3.63, 3.8) is 0 Å². The second kappa shape index (κ2) is 4.80. The lowest BCUT2D eigenvalue weighted by Crippen LogP contribution is -2.26. The van der Waals surface area contributed by atoms with Gasteiger partial charge in [0, 0.05) is 6.54 Å². The van der Waals surface area contributed by atoms with Crippen LogP contribution in [-0.2, 0) is 4.74 Å². The lowest BCUT2D eigenvalue weighted by atomic mass is 10.1. The largest absolute Gasteiger partial charge is 0.391 e. The maximum atomic E-state index is 9.15. The van der Waals surface area contributed by atoms with Crippen LogP contribution >= 0.6 is 0 Å². The number of hydrogen-bond acceptors (Lipinski definition) is 3. The van der Waals surface area contributed by atoms with Gasteiger partial charge in [0.25, 0.3) is 0 Å². The fourth-order valence-corrected chi connectivity index (χ4v) is 1.28. The van der Waals surface area contributed by atoms with Gasteiger partial charge < -0.3 is 15.2 Å². The van der Waals surface area contributed by atoms with Crippen molar-refractivity contribution in [2.45, 2.75) is 32.5 Å². The normalized spacial score (nSPS) is 28.8. The molecule has 1 saturated heterocycles. The van der Waals surface area contributed by atoms with Gasteiger partial charge in [-0.1, -0.05) is 0 Å². The van der Waals surface area contributed by atoms with Crippen LogP contribution in [0.25, 0.3) is 0 Å². The molecule has 0 aliphatic carbocycles. The van der Waals surface area contributed by atoms with Crippen LogP contribution in [0.15, 0.2) is 0 Å². The summed E-state index contributed by atoms with van der Waals surface area (Å²) in [7, 11) is 0. The van der Waals surface area contributed by atoms with E-state index in [9.17, 15) is 0 Å². The Morgan fingerprint density at radius 3 is 2.83 bits per heavy atom. The van der Waals surface area contributed by atoms with Gasteiger partial charge in [-0.15, -0.1) is 0 Å². The van der Waals surface area contributed by atoms with Crippen LogP contribution in [-0.4, -0.2) is 37.0 Å². The van der Waals surface area contributed by atoms with Gasteiger partial charge in [-0.25, -0.2) is 0 Å². The molecule has 0 bridgehead atoms. The van der Waals surface area contributed by atoms with E-state index in [0.29, 0.717) is 5.92 Å². The summed E-state index contributed by atoms with van der Waals surface area (Å²) in [5.41, 5.74) is 0. The van der Waals surface area contributed by atoms with Crippen LogP contribution in [0.1, 0.15) is 20.3 Å². The van der Waals surface area contributed by atoms with Crippen LogP contribution in [0.2, 0.25) is 0 Å². The second-order valence-electron chi connectivity index (χ2n) is 3.64. The van der Waals surface area contributed by atoms with Crippen LogP contribution in [0.4, 0.5) is 0 Å². The van der Waals surface area contributed by atoms with Crippen LogP contribution in [0.5, 0.6) is 0 Å². The van der Waals surface area contributed by atoms with Crippen molar-refractivity contribution in [1.82, 2.24) is 5.32 Å². The molecule has 12 heavy (non-hydrogen) atoms. The zero-order valence-electron chi connectivity index (χ0n) is 7.92. The molecule has 3 unspecified atom stereocenters. The van der Waals surface area contributed by atoms with Crippen molar-refractivity contribution in [3.8, 4) is 0 Å². The van der Waals surface area contributed by atoms with Gasteiger partial charge in [0.1, 0.15) is 0 Å². The molecule has 0 aromatic rings. The average Bonchev–Trinajstić information content (AvgIpc) is 2.51.